The van der Waals surface area contributed by atoms with Crippen LogP contribution in [0.2, 0.25) is 0 Å². The van der Waals surface area contributed by atoms with Gasteiger partial charge in [0, 0.05) is 0 Å². The number of carbonyl (C=O) groups is 1. The maximum Gasteiger partial charge on any atom is 0.307 e. The standard InChI is InChI=1S/C17H14O2/c18-17(19)10-12-8-14-6-7-15(11-16(14)9-12)13-4-2-1-3-5-13/h1-7,9,11H,8,10H2,(H,18,19). The summed E-state index contributed by atoms with van der Waals surface area (Å²) in [4.78, 5) is 10.8. The number of carboxylic acids is 1. The van der Waals surface area contributed by atoms with Crippen molar-refractivity contribution >= 4 is 12.0 Å². The molecule has 0 aromatic heterocycles. The Labute approximate surface area is 112 Å². The molecule has 0 saturated carbocycles. The first-order valence-corrected chi connectivity index (χ1v) is 6.32. The third-order valence-electron chi connectivity index (χ3n) is 3.41. The van der Waals surface area contributed by atoms with Crippen LogP contribution in [0.4, 0.5) is 0 Å². The van der Waals surface area contributed by atoms with Crippen LogP contribution in [0, 0.1) is 0 Å². The second kappa shape index (κ2) is 4.73. The molecule has 19 heavy (non-hydrogen) atoms. The predicted molar refractivity (Wildman–Crippen MR) is 75.8 cm³/mol. The summed E-state index contributed by atoms with van der Waals surface area (Å²) in [5, 5.41) is 8.84. The lowest BCUT2D eigenvalue weighted by Gasteiger charge is -2.04. The molecule has 2 heteroatoms. The first-order valence-electron chi connectivity index (χ1n) is 6.32. The van der Waals surface area contributed by atoms with Crippen LogP contribution in [-0.4, -0.2) is 11.1 Å². The summed E-state index contributed by atoms with van der Waals surface area (Å²) in [5.74, 6) is -0.762. The molecule has 1 aliphatic carbocycles. The highest BCUT2D eigenvalue weighted by Gasteiger charge is 2.15. The Balaban J connectivity index is 1.93. The Morgan fingerprint density at radius 3 is 2.58 bits per heavy atom. The molecule has 0 aliphatic heterocycles. The van der Waals surface area contributed by atoms with Crippen LogP contribution in [-0.2, 0) is 11.2 Å². The number of benzene rings is 2. The zero-order valence-corrected chi connectivity index (χ0v) is 10.5. The summed E-state index contributed by atoms with van der Waals surface area (Å²) in [6.45, 7) is 0. The van der Waals surface area contributed by atoms with Gasteiger partial charge < -0.3 is 5.11 Å². The van der Waals surface area contributed by atoms with Crippen molar-refractivity contribution in [1.29, 1.82) is 0 Å². The van der Waals surface area contributed by atoms with Crippen molar-refractivity contribution in [2.45, 2.75) is 12.8 Å². The van der Waals surface area contributed by atoms with E-state index >= 15 is 0 Å². The van der Waals surface area contributed by atoms with Crippen molar-refractivity contribution in [2.24, 2.45) is 0 Å². The summed E-state index contributed by atoms with van der Waals surface area (Å²) in [6, 6.07) is 16.6. The van der Waals surface area contributed by atoms with Crippen LogP contribution in [0.25, 0.3) is 17.2 Å². The second-order valence-corrected chi connectivity index (χ2v) is 4.83. The van der Waals surface area contributed by atoms with Crippen LogP contribution in [0.1, 0.15) is 17.5 Å². The number of hydrogen-bond acceptors (Lipinski definition) is 1. The molecule has 94 valence electrons. The normalized spacial score (nSPS) is 12.9. The number of hydrogen-bond donors (Lipinski definition) is 1. The number of carboxylic acid groups (broad SMARTS) is 1. The lowest BCUT2D eigenvalue weighted by Crippen LogP contribution is -1.96. The van der Waals surface area contributed by atoms with Crippen LogP contribution < -0.4 is 0 Å². The summed E-state index contributed by atoms with van der Waals surface area (Å²) < 4.78 is 0. The Kier molecular flexibility index (Phi) is 2.92. The summed E-state index contributed by atoms with van der Waals surface area (Å²) in [6.07, 6.45) is 2.90. The third-order valence-corrected chi connectivity index (χ3v) is 3.41. The summed E-state index contributed by atoms with van der Waals surface area (Å²) >= 11 is 0. The number of fused-ring (bicyclic) bond motifs is 1. The van der Waals surface area contributed by atoms with Crippen molar-refractivity contribution in [3.05, 3.63) is 65.2 Å². The smallest absolute Gasteiger partial charge is 0.307 e. The predicted octanol–water partition coefficient (Wildman–Crippen LogP) is 3.77. The number of aliphatic carboxylic acids is 1. The maximum absolute atomic E-state index is 10.8. The van der Waals surface area contributed by atoms with Gasteiger partial charge in [0.05, 0.1) is 6.42 Å². The van der Waals surface area contributed by atoms with Gasteiger partial charge in [-0.3, -0.25) is 4.79 Å². The first-order chi connectivity index (χ1) is 9.22. The average molecular weight is 250 g/mol. The molecule has 2 nitrogen and oxygen atoms in total. The topological polar surface area (TPSA) is 37.3 Å². The largest absolute Gasteiger partial charge is 0.481 e. The summed E-state index contributed by atoms with van der Waals surface area (Å²) in [7, 11) is 0. The van der Waals surface area contributed by atoms with Crippen molar-refractivity contribution in [1.82, 2.24) is 0 Å². The fourth-order valence-electron chi connectivity index (χ4n) is 2.52. The molecule has 0 unspecified atom stereocenters. The molecule has 1 aliphatic rings. The third kappa shape index (κ3) is 2.43. The van der Waals surface area contributed by atoms with E-state index in [1.807, 2.05) is 24.3 Å². The molecule has 3 rings (SSSR count). The lowest BCUT2D eigenvalue weighted by atomic mass is 10.0. The fourth-order valence-corrected chi connectivity index (χ4v) is 2.52. The minimum absolute atomic E-state index is 0.134. The molecule has 0 atom stereocenters. The van der Waals surface area contributed by atoms with E-state index < -0.39 is 5.97 Å². The van der Waals surface area contributed by atoms with Crippen molar-refractivity contribution in [3.63, 3.8) is 0 Å². The highest BCUT2D eigenvalue weighted by Crippen LogP contribution is 2.30. The highest BCUT2D eigenvalue weighted by molar-refractivity contribution is 5.77. The Morgan fingerprint density at radius 2 is 1.84 bits per heavy atom. The van der Waals surface area contributed by atoms with Gasteiger partial charge in [-0.25, -0.2) is 0 Å². The Morgan fingerprint density at radius 1 is 1.05 bits per heavy atom. The van der Waals surface area contributed by atoms with Gasteiger partial charge in [-0.2, -0.15) is 0 Å². The Hall–Kier alpha value is -2.35. The zero-order chi connectivity index (χ0) is 13.2. The van der Waals surface area contributed by atoms with Crippen LogP contribution in [0.5, 0.6) is 0 Å². The molecule has 0 radical (unpaired) electrons. The molecule has 2 aromatic carbocycles. The van der Waals surface area contributed by atoms with Gasteiger partial charge >= 0.3 is 5.97 Å². The molecular formula is C17H14O2. The van der Waals surface area contributed by atoms with E-state index in [-0.39, 0.29) is 6.42 Å². The molecule has 1 N–H and O–H groups in total. The van der Waals surface area contributed by atoms with E-state index in [4.69, 9.17) is 5.11 Å². The van der Waals surface area contributed by atoms with Crippen LogP contribution in [0.15, 0.2) is 54.1 Å². The quantitative estimate of drug-likeness (QED) is 0.900. The SMILES string of the molecule is O=C(O)CC1=Cc2cc(-c3ccccc3)ccc2C1. The van der Waals surface area contributed by atoms with Gasteiger partial charge in [0.25, 0.3) is 0 Å². The molecular weight excluding hydrogens is 236 g/mol. The van der Waals surface area contributed by atoms with Gasteiger partial charge in [0.2, 0.25) is 0 Å². The van der Waals surface area contributed by atoms with Crippen molar-refractivity contribution < 1.29 is 9.90 Å². The van der Waals surface area contributed by atoms with Crippen molar-refractivity contribution in [2.75, 3.05) is 0 Å². The van der Waals surface area contributed by atoms with E-state index in [1.54, 1.807) is 0 Å². The lowest BCUT2D eigenvalue weighted by molar-refractivity contribution is -0.136. The van der Waals surface area contributed by atoms with Gasteiger partial charge in [0.15, 0.2) is 0 Å². The van der Waals surface area contributed by atoms with E-state index in [1.165, 1.54) is 16.7 Å². The molecule has 0 heterocycles. The van der Waals surface area contributed by atoms with Crippen LogP contribution >= 0.6 is 0 Å². The highest BCUT2D eigenvalue weighted by atomic mass is 16.4. The molecule has 0 spiro atoms. The van der Waals surface area contributed by atoms with Gasteiger partial charge in [-0.05, 0) is 34.7 Å². The maximum atomic E-state index is 10.8. The summed E-state index contributed by atoms with van der Waals surface area (Å²) in [5.41, 5.74) is 5.71. The first kappa shape index (κ1) is 11.7. The van der Waals surface area contributed by atoms with Gasteiger partial charge in [0.1, 0.15) is 0 Å². The molecule has 0 amide bonds. The fraction of sp³-hybridized carbons (Fsp3) is 0.118. The Bertz CT molecular complexity index is 654. The molecule has 0 fully saturated rings. The minimum atomic E-state index is -0.762. The molecule has 0 bridgehead atoms. The van der Waals surface area contributed by atoms with E-state index in [9.17, 15) is 4.79 Å². The van der Waals surface area contributed by atoms with E-state index in [0.29, 0.717) is 0 Å². The second-order valence-electron chi connectivity index (χ2n) is 4.83. The molecule has 0 saturated heterocycles. The minimum Gasteiger partial charge on any atom is -0.481 e. The molecule has 2 aromatic rings. The average Bonchev–Trinajstić information content (AvgIpc) is 2.79. The van der Waals surface area contributed by atoms with Gasteiger partial charge in [-0.1, -0.05) is 54.1 Å². The van der Waals surface area contributed by atoms with Crippen molar-refractivity contribution in [3.8, 4) is 11.1 Å². The van der Waals surface area contributed by atoms with E-state index in [0.717, 1.165) is 17.6 Å². The number of rotatable bonds is 3. The monoisotopic (exact) mass is 250 g/mol. The van der Waals surface area contributed by atoms with Gasteiger partial charge in [-0.15, -0.1) is 0 Å². The van der Waals surface area contributed by atoms with E-state index in [2.05, 4.69) is 30.3 Å². The zero-order valence-electron chi connectivity index (χ0n) is 10.5. The van der Waals surface area contributed by atoms with Crippen LogP contribution in [0.3, 0.4) is 0 Å².